The van der Waals surface area contributed by atoms with Crippen LogP contribution >= 0.6 is 39.1 Å². The Morgan fingerprint density at radius 3 is 2.52 bits per heavy atom. The van der Waals surface area contributed by atoms with E-state index in [-0.39, 0.29) is 11.5 Å². The Bertz CT molecular complexity index is 1220. The molecular weight excluding hydrogens is 475 g/mol. The third-order valence-electron chi connectivity index (χ3n) is 4.17. The van der Waals surface area contributed by atoms with Gasteiger partial charge in [-0.3, -0.25) is 15.6 Å². The zero-order valence-corrected chi connectivity index (χ0v) is 17.9. The second-order valence-corrected chi connectivity index (χ2v) is 7.89. The Morgan fingerprint density at radius 1 is 0.931 bits per heavy atom. The van der Waals surface area contributed by atoms with Crippen LogP contribution in [0.5, 0.6) is 0 Å². The van der Waals surface area contributed by atoms with Crippen molar-refractivity contribution < 1.29 is 4.79 Å². The third-order valence-corrected chi connectivity index (χ3v) is 5.22. The van der Waals surface area contributed by atoms with Crippen LogP contribution in [-0.2, 0) is 0 Å². The molecule has 0 aliphatic carbocycles. The van der Waals surface area contributed by atoms with Gasteiger partial charge in [-0.2, -0.15) is 0 Å². The lowest BCUT2D eigenvalue weighted by Crippen LogP contribution is -2.30. The molecule has 0 atom stereocenters. The van der Waals surface area contributed by atoms with E-state index in [0.29, 0.717) is 10.0 Å². The molecule has 3 aromatic carbocycles. The van der Waals surface area contributed by atoms with E-state index < -0.39 is 5.91 Å². The minimum absolute atomic E-state index is 0.250. The van der Waals surface area contributed by atoms with E-state index >= 15 is 0 Å². The largest absolute Gasteiger partial charge is 0.271 e. The van der Waals surface area contributed by atoms with Crippen molar-refractivity contribution in [2.75, 3.05) is 5.43 Å². The molecule has 144 valence electrons. The summed E-state index contributed by atoms with van der Waals surface area (Å²) in [4.78, 5) is 21.6. The molecule has 0 saturated carbocycles. The third kappa shape index (κ3) is 4.34. The highest BCUT2D eigenvalue weighted by Crippen LogP contribution is 2.29. The van der Waals surface area contributed by atoms with Crippen LogP contribution in [0.3, 0.4) is 0 Å². The summed E-state index contributed by atoms with van der Waals surface area (Å²) in [6.45, 7) is 0. The van der Waals surface area contributed by atoms with Crippen molar-refractivity contribution >= 4 is 61.9 Å². The molecule has 1 aromatic heterocycles. The smallest absolute Gasteiger partial charge is 0.267 e. The van der Waals surface area contributed by atoms with Crippen molar-refractivity contribution in [3.05, 3.63) is 86.8 Å². The summed E-state index contributed by atoms with van der Waals surface area (Å²) >= 11 is 15.5. The Balaban J connectivity index is 1.68. The van der Waals surface area contributed by atoms with Gasteiger partial charge in [0.05, 0.1) is 21.8 Å². The predicted molar refractivity (Wildman–Crippen MR) is 120 cm³/mol. The highest BCUT2D eigenvalue weighted by molar-refractivity contribution is 9.10. The van der Waals surface area contributed by atoms with E-state index in [1.54, 1.807) is 12.1 Å². The van der Waals surface area contributed by atoms with E-state index in [4.69, 9.17) is 23.2 Å². The van der Waals surface area contributed by atoms with Crippen molar-refractivity contribution in [2.24, 2.45) is 0 Å². The normalized spacial score (nSPS) is 10.7. The van der Waals surface area contributed by atoms with Crippen LogP contribution in [0.4, 0.5) is 5.95 Å². The van der Waals surface area contributed by atoms with Gasteiger partial charge in [0.15, 0.2) is 0 Å². The minimum atomic E-state index is -0.446. The Kier molecular flexibility index (Phi) is 5.67. The molecule has 2 N–H and O–H groups in total. The number of fused-ring (bicyclic) bond motifs is 1. The fourth-order valence-electron chi connectivity index (χ4n) is 2.82. The van der Waals surface area contributed by atoms with Gasteiger partial charge in [-0.05, 0) is 36.4 Å². The van der Waals surface area contributed by atoms with Crippen LogP contribution in [-0.4, -0.2) is 15.9 Å². The van der Waals surface area contributed by atoms with E-state index in [1.165, 1.54) is 6.07 Å². The van der Waals surface area contributed by atoms with Crippen LogP contribution in [0, 0.1) is 0 Å². The number of anilines is 1. The summed E-state index contributed by atoms with van der Waals surface area (Å²) < 4.78 is 0.926. The Morgan fingerprint density at radius 2 is 1.72 bits per heavy atom. The zero-order chi connectivity index (χ0) is 20.4. The first-order chi connectivity index (χ1) is 14.0. The van der Waals surface area contributed by atoms with E-state index in [0.717, 1.165) is 26.6 Å². The number of carbonyl (C=O) groups excluding carboxylic acids is 1. The quantitative estimate of drug-likeness (QED) is 0.340. The van der Waals surface area contributed by atoms with Crippen molar-refractivity contribution in [3.8, 4) is 11.3 Å². The van der Waals surface area contributed by atoms with Gasteiger partial charge in [-0.1, -0.05) is 69.5 Å². The molecule has 0 radical (unpaired) electrons. The molecule has 0 aliphatic heterocycles. The average Bonchev–Trinajstić information content (AvgIpc) is 2.74. The SMILES string of the molecule is O=C(NNc1nc(-c2ccccc2)c2cc(Br)ccc2n1)c1cc(Cl)ccc1Cl. The van der Waals surface area contributed by atoms with Crippen LogP contribution in [0.15, 0.2) is 71.2 Å². The maximum atomic E-state index is 12.5. The fraction of sp³-hybridized carbons (Fsp3) is 0. The number of aromatic nitrogens is 2. The molecule has 0 spiro atoms. The molecular formula is C21H13BrCl2N4O. The number of hydrazine groups is 1. The summed E-state index contributed by atoms with van der Waals surface area (Å²) in [6, 6.07) is 20.2. The summed E-state index contributed by atoms with van der Waals surface area (Å²) in [5, 5.41) is 1.60. The molecule has 5 nitrogen and oxygen atoms in total. The fourth-order valence-corrected chi connectivity index (χ4v) is 3.56. The lowest BCUT2D eigenvalue weighted by atomic mass is 10.1. The second-order valence-electron chi connectivity index (χ2n) is 6.13. The van der Waals surface area contributed by atoms with Crippen molar-refractivity contribution in [1.82, 2.24) is 15.4 Å². The number of benzene rings is 3. The molecule has 29 heavy (non-hydrogen) atoms. The number of hydrogen-bond donors (Lipinski definition) is 2. The molecule has 0 saturated heterocycles. The van der Waals surface area contributed by atoms with Crippen LogP contribution in [0.2, 0.25) is 10.0 Å². The van der Waals surface area contributed by atoms with Crippen LogP contribution in [0.1, 0.15) is 10.4 Å². The van der Waals surface area contributed by atoms with Crippen molar-refractivity contribution in [2.45, 2.75) is 0 Å². The van der Waals surface area contributed by atoms with Gasteiger partial charge in [-0.15, -0.1) is 0 Å². The van der Waals surface area contributed by atoms with Crippen molar-refractivity contribution in [3.63, 3.8) is 0 Å². The van der Waals surface area contributed by atoms with Gasteiger partial charge in [-0.25, -0.2) is 9.97 Å². The lowest BCUT2D eigenvalue weighted by molar-refractivity contribution is 0.0962. The lowest BCUT2D eigenvalue weighted by Gasteiger charge is -2.12. The second kappa shape index (κ2) is 8.37. The number of nitrogens with zero attached hydrogens (tertiary/aromatic N) is 2. The maximum absolute atomic E-state index is 12.5. The molecule has 0 bridgehead atoms. The summed E-state index contributed by atoms with van der Waals surface area (Å²) in [5.41, 5.74) is 8.01. The molecule has 0 unspecified atom stereocenters. The summed E-state index contributed by atoms with van der Waals surface area (Å²) in [6.07, 6.45) is 0. The molecule has 0 aliphatic rings. The van der Waals surface area contributed by atoms with Gasteiger partial charge in [0.25, 0.3) is 5.91 Å². The van der Waals surface area contributed by atoms with Crippen LogP contribution in [0.25, 0.3) is 22.2 Å². The first-order valence-electron chi connectivity index (χ1n) is 8.55. The van der Waals surface area contributed by atoms with E-state index in [1.807, 2.05) is 48.5 Å². The standard InChI is InChI=1S/C21H13BrCl2N4O/c22-13-6-9-18-16(10-13)19(12-4-2-1-3-5-12)26-21(25-18)28-27-20(29)15-11-14(23)7-8-17(15)24/h1-11H,(H,27,29)(H,25,26,28). The van der Waals surface area contributed by atoms with Gasteiger partial charge in [0.2, 0.25) is 5.95 Å². The molecule has 4 rings (SSSR count). The van der Waals surface area contributed by atoms with Gasteiger partial charge < -0.3 is 0 Å². The topological polar surface area (TPSA) is 66.9 Å². The summed E-state index contributed by atoms with van der Waals surface area (Å²) in [5.74, 6) is -0.191. The number of amides is 1. The Labute approximate surface area is 185 Å². The molecule has 1 amide bonds. The number of hydrogen-bond acceptors (Lipinski definition) is 4. The minimum Gasteiger partial charge on any atom is -0.267 e. The number of rotatable bonds is 4. The number of halogens is 3. The van der Waals surface area contributed by atoms with Crippen molar-refractivity contribution in [1.29, 1.82) is 0 Å². The predicted octanol–water partition coefficient (Wildman–Crippen LogP) is 6.12. The molecule has 8 heteroatoms. The van der Waals surface area contributed by atoms with Gasteiger partial charge in [0.1, 0.15) is 0 Å². The molecule has 4 aromatic rings. The highest BCUT2D eigenvalue weighted by Gasteiger charge is 2.13. The van der Waals surface area contributed by atoms with Gasteiger partial charge in [0, 0.05) is 20.4 Å². The zero-order valence-electron chi connectivity index (χ0n) is 14.8. The monoisotopic (exact) mass is 486 g/mol. The number of carbonyl (C=O) groups is 1. The van der Waals surface area contributed by atoms with Gasteiger partial charge >= 0.3 is 0 Å². The molecule has 1 heterocycles. The average molecular weight is 488 g/mol. The Hall–Kier alpha value is -2.67. The molecule has 0 fully saturated rings. The van der Waals surface area contributed by atoms with E-state index in [9.17, 15) is 4.79 Å². The van der Waals surface area contributed by atoms with E-state index in [2.05, 4.69) is 36.7 Å². The first kappa shape index (κ1) is 19.6. The number of nitrogens with one attached hydrogen (secondary N) is 2. The summed E-state index contributed by atoms with van der Waals surface area (Å²) in [7, 11) is 0. The van der Waals surface area contributed by atoms with Crippen LogP contribution < -0.4 is 10.9 Å². The maximum Gasteiger partial charge on any atom is 0.271 e. The highest BCUT2D eigenvalue weighted by atomic mass is 79.9. The first-order valence-corrected chi connectivity index (χ1v) is 10.1.